The maximum absolute atomic E-state index is 13.2. The van der Waals surface area contributed by atoms with Crippen LogP contribution < -0.4 is 10.2 Å². The molecule has 6 heteroatoms. The molecule has 4 rings (SSSR count). The Kier molecular flexibility index (Phi) is 5.53. The fourth-order valence-electron chi connectivity index (χ4n) is 3.95. The van der Waals surface area contributed by atoms with Crippen LogP contribution in [0.2, 0.25) is 0 Å². The lowest BCUT2D eigenvalue weighted by Crippen LogP contribution is -2.54. The smallest absolute Gasteiger partial charge is 0.318 e. The zero-order valence-corrected chi connectivity index (χ0v) is 18.6. The maximum Gasteiger partial charge on any atom is 0.335 e. The fraction of sp³-hybridized carbons (Fsp3) is 0.192. The van der Waals surface area contributed by atoms with E-state index in [0.717, 1.165) is 39.5 Å². The van der Waals surface area contributed by atoms with Gasteiger partial charge in [0, 0.05) is 17.1 Å². The van der Waals surface area contributed by atoms with Crippen molar-refractivity contribution in [2.24, 2.45) is 0 Å². The number of barbiturate groups is 1. The molecule has 32 heavy (non-hydrogen) atoms. The van der Waals surface area contributed by atoms with Gasteiger partial charge in [-0.2, -0.15) is 0 Å². The molecule has 2 aromatic carbocycles. The molecular formula is C26H25N3O3. The van der Waals surface area contributed by atoms with Gasteiger partial charge in [-0.1, -0.05) is 36.8 Å². The van der Waals surface area contributed by atoms with Crippen LogP contribution >= 0.6 is 0 Å². The maximum atomic E-state index is 13.2. The summed E-state index contributed by atoms with van der Waals surface area (Å²) in [5, 5.41) is 2.29. The van der Waals surface area contributed by atoms with Crippen molar-refractivity contribution in [3.05, 3.63) is 88.2 Å². The average Bonchev–Trinajstić information content (AvgIpc) is 3.05. The summed E-state index contributed by atoms with van der Waals surface area (Å²) >= 11 is 0. The fourth-order valence-corrected chi connectivity index (χ4v) is 3.95. The first-order valence-corrected chi connectivity index (χ1v) is 10.6. The van der Waals surface area contributed by atoms with E-state index in [-0.39, 0.29) is 5.57 Å². The third-order valence-electron chi connectivity index (χ3n) is 5.77. The van der Waals surface area contributed by atoms with E-state index in [1.54, 1.807) is 18.2 Å². The number of hydrogen-bond donors (Lipinski definition) is 1. The molecule has 0 bridgehead atoms. The molecular weight excluding hydrogens is 402 g/mol. The van der Waals surface area contributed by atoms with Crippen LogP contribution in [-0.4, -0.2) is 22.4 Å². The lowest BCUT2D eigenvalue weighted by Gasteiger charge is -2.26. The summed E-state index contributed by atoms with van der Waals surface area (Å²) in [5.74, 6) is -1.33. The van der Waals surface area contributed by atoms with Crippen LogP contribution in [0.4, 0.5) is 10.5 Å². The van der Waals surface area contributed by atoms with Gasteiger partial charge in [0.2, 0.25) is 0 Å². The van der Waals surface area contributed by atoms with Gasteiger partial charge in [0.15, 0.2) is 0 Å². The number of benzene rings is 2. The van der Waals surface area contributed by atoms with Gasteiger partial charge in [0.05, 0.1) is 5.69 Å². The first kappa shape index (κ1) is 21.3. The Morgan fingerprint density at radius 3 is 2.12 bits per heavy atom. The van der Waals surface area contributed by atoms with E-state index in [1.807, 2.05) is 70.2 Å². The Labute approximate surface area is 187 Å². The third kappa shape index (κ3) is 3.75. The van der Waals surface area contributed by atoms with Crippen LogP contribution in [0.15, 0.2) is 60.2 Å². The molecule has 0 saturated carbocycles. The van der Waals surface area contributed by atoms with Gasteiger partial charge in [0.25, 0.3) is 11.8 Å². The van der Waals surface area contributed by atoms with Gasteiger partial charge >= 0.3 is 6.03 Å². The summed E-state index contributed by atoms with van der Waals surface area (Å²) < 4.78 is 2.07. The van der Waals surface area contributed by atoms with Gasteiger partial charge in [-0.05, 0) is 74.7 Å². The molecule has 1 saturated heterocycles. The lowest BCUT2D eigenvalue weighted by molar-refractivity contribution is -0.122. The minimum absolute atomic E-state index is 0.0756. The van der Waals surface area contributed by atoms with Crippen LogP contribution in [0.25, 0.3) is 11.8 Å². The minimum Gasteiger partial charge on any atom is -0.318 e. The highest BCUT2D eigenvalue weighted by atomic mass is 16.2. The number of carbonyl (C=O) groups is 3. The van der Waals surface area contributed by atoms with E-state index in [2.05, 4.69) is 9.88 Å². The quantitative estimate of drug-likeness (QED) is 0.487. The van der Waals surface area contributed by atoms with Crippen LogP contribution in [-0.2, 0) is 16.0 Å². The van der Waals surface area contributed by atoms with Crippen molar-refractivity contribution in [3.63, 3.8) is 0 Å². The SMILES string of the molecule is CCc1ccc(N2C(=O)NC(=O)/C(=C/c3cc(C)n(-c4ccc(C)cc4)c3C)C2=O)cc1. The van der Waals surface area contributed by atoms with Crippen molar-refractivity contribution in [2.75, 3.05) is 4.90 Å². The number of hydrogen-bond acceptors (Lipinski definition) is 3. The number of carbonyl (C=O) groups excluding carboxylic acids is 3. The second-order valence-corrected chi connectivity index (χ2v) is 7.98. The van der Waals surface area contributed by atoms with E-state index < -0.39 is 17.8 Å². The Hall–Kier alpha value is -3.93. The second-order valence-electron chi connectivity index (χ2n) is 7.98. The molecule has 3 aromatic rings. The molecule has 0 aliphatic carbocycles. The van der Waals surface area contributed by atoms with Crippen molar-refractivity contribution in [2.45, 2.75) is 34.1 Å². The molecule has 1 fully saturated rings. The number of nitrogens with zero attached hydrogens (tertiary/aromatic N) is 2. The zero-order valence-electron chi connectivity index (χ0n) is 18.6. The van der Waals surface area contributed by atoms with E-state index in [4.69, 9.17) is 0 Å². The first-order chi connectivity index (χ1) is 15.3. The molecule has 0 unspecified atom stereocenters. The number of aromatic nitrogens is 1. The van der Waals surface area contributed by atoms with Crippen LogP contribution in [0, 0.1) is 20.8 Å². The third-order valence-corrected chi connectivity index (χ3v) is 5.77. The molecule has 0 spiro atoms. The van der Waals surface area contributed by atoms with Gasteiger partial charge in [0.1, 0.15) is 5.57 Å². The number of rotatable bonds is 4. The number of aryl methyl sites for hydroxylation is 3. The van der Waals surface area contributed by atoms with Gasteiger partial charge in [-0.3, -0.25) is 14.9 Å². The summed E-state index contributed by atoms with van der Waals surface area (Å²) in [7, 11) is 0. The molecule has 1 aliphatic heterocycles. The molecule has 0 atom stereocenters. The van der Waals surface area contributed by atoms with Crippen molar-refractivity contribution in [1.29, 1.82) is 0 Å². The number of urea groups is 1. The van der Waals surface area contributed by atoms with E-state index in [9.17, 15) is 14.4 Å². The Morgan fingerprint density at radius 1 is 0.875 bits per heavy atom. The molecule has 1 aliphatic rings. The van der Waals surface area contributed by atoms with Crippen molar-refractivity contribution in [1.82, 2.24) is 9.88 Å². The predicted octanol–water partition coefficient (Wildman–Crippen LogP) is 4.63. The van der Waals surface area contributed by atoms with Crippen molar-refractivity contribution >= 4 is 29.6 Å². The van der Waals surface area contributed by atoms with Gasteiger partial charge in [-0.15, -0.1) is 0 Å². The Morgan fingerprint density at radius 2 is 1.50 bits per heavy atom. The molecule has 1 N–H and O–H groups in total. The molecule has 6 nitrogen and oxygen atoms in total. The Bertz CT molecular complexity index is 1250. The molecule has 162 valence electrons. The van der Waals surface area contributed by atoms with E-state index in [1.165, 1.54) is 5.56 Å². The number of nitrogens with one attached hydrogen (secondary N) is 1. The molecule has 2 heterocycles. The summed E-state index contributed by atoms with van der Waals surface area (Å²) in [6, 6.07) is 16.5. The highest BCUT2D eigenvalue weighted by Gasteiger charge is 2.37. The van der Waals surface area contributed by atoms with Gasteiger partial charge in [-0.25, -0.2) is 9.69 Å². The van der Waals surface area contributed by atoms with Crippen molar-refractivity contribution in [3.8, 4) is 5.69 Å². The number of imide groups is 2. The monoisotopic (exact) mass is 427 g/mol. The lowest BCUT2D eigenvalue weighted by atomic mass is 10.1. The van der Waals surface area contributed by atoms with E-state index in [0.29, 0.717) is 5.69 Å². The summed E-state index contributed by atoms with van der Waals surface area (Å²) in [5.41, 5.74) is 6.23. The van der Waals surface area contributed by atoms with Crippen molar-refractivity contribution < 1.29 is 14.4 Å². The van der Waals surface area contributed by atoms with Gasteiger partial charge < -0.3 is 4.57 Å². The number of anilines is 1. The molecule has 4 amide bonds. The first-order valence-electron chi connectivity index (χ1n) is 10.6. The number of amides is 4. The van der Waals surface area contributed by atoms with Crippen LogP contribution in [0.5, 0.6) is 0 Å². The topological polar surface area (TPSA) is 71.4 Å². The van der Waals surface area contributed by atoms with Crippen LogP contribution in [0.1, 0.15) is 35.0 Å². The molecule has 0 radical (unpaired) electrons. The normalized spacial score (nSPS) is 15.4. The second kappa shape index (κ2) is 8.30. The molecule has 1 aromatic heterocycles. The highest BCUT2D eigenvalue weighted by Crippen LogP contribution is 2.26. The minimum atomic E-state index is -0.744. The summed E-state index contributed by atoms with van der Waals surface area (Å²) in [4.78, 5) is 39.2. The van der Waals surface area contributed by atoms with E-state index >= 15 is 0 Å². The zero-order chi connectivity index (χ0) is 23.0. The summed E-state index contributed by atoms with van der Waals surface area (Å²) in [6.45, 7) is 7.98. The average molecular weight is 428 g/mol. The predicted molar refractivity (Wildman–Crippen MR) is 125 cm³/mol. The Balaban J connectivity index is 1.73. The highest BCUT2D eigenvalue weighted by molar-refractivity contribution is 6.39. The largest absolute Gasteiger partial charge is 0.335 e. The summed E-state index contributed by atoms with van der Waals surface area (Å²) in [6.07, 6.45) is 2.41. The van der Waals surface area contributed by atoms with Crippen LogP contribution in [0.3, 0.4) is 0 Å². The standard InChI is InChI=1S/C26H25N3O3/c1-5-19-8-12-22(13-9-19)29-25(31)23(24(30)27-26(29)32)15-20-14-17(3)28(18(20)4)21-10-6-16(2)7-11-21/h6-15H,5H2,1-4H3,(H,27,30,32)/b23-15-.